The number of ether oxygens (including phenoxy) is 1. The molecule has 2 aromatic heterocycles. The van der Waals surface area contributed by atoms with Crippen LogP contribution in [0.1, 0.15) is 43.2 Å². The number of carbonyl (C=O) groups is 2. The number of rotatable bonds is 5. The fourth-order valence-corrected chi connectivity index (χ4v) is 2.18. The van der Waals surface area contributed by atoms with Gasteiger partial charge in [0.25, 0.3) is 0 Å². The highest BCUT2D eigenvalue weighted by Gasteiger charge is 2.23. The Bertz CT molecular complexity index is 849. The summed E-state index contributed by atoms with van der Waals surface area (Å²) in [5, 5.41) is 38.3. The number of pyridine rings is 2. The van der Waals surface area contributed by atoms with Gasteiger partial charge in [-0.05, 0) is 13.8 Å². The molecular weight excluding hydrogens is 332 g/mol. The van der Waals surface area contributed by atoms with Gasteiger partial charge in [-0.2, -0.15) is 0 Å². The van der Waals surface area contributed by atoms with E-state index < -0.39 is 42.2 Å². The standard InChI is InChI=1S/C16H16N2O7/c1-7-13(20)11(15(22)23)10(4-18-7)6-25-16(24)12-9(5-19)3-17-8(2)14(12)21/h3-4,19-21H,5-6H2,1-2H3,(H,22,23). The molecule has 2 rings (SSSR count). The Morgan fingerprint density at radius 3 is 2.04 bits per heavy atom. The topological polar surface area (TPSA) is 150 Å². The second-order valence-electron chi connectivity index (χ2n) is 5.22. The molecule has 2 aromatic rings. The van der Waals surface area contributed by atoms with E-state index >= 15 is 0 Å². The van der Waals surface area contributed by atoms with E-state index in [1.165, 1.54) is 26.2 Å². The third kappa shape index (κ3) is 3.50. The van der Waals surface area contributed by atoms with Crippen LogP contribution in [0, 0.1) is 13.8 Å². The Kier molecular flexibility index (Phi) is 5.18. The molecule has 0 bridgehead atoms. The van der Waals surface area contributed by atoms with Gasteiger partial charge in [0.15, 0.2) is 11.5 Å². The fraction of sp³-hybridized carbons (Fsp3) is 0.250. The number of esters is 1. The lowest BCUT2D eigenvalue weighted by Crippen LogP contribution is -2.13. The third-order valence-corrected chi connectivity index (χ3v) is 3.58. The van der Waals surface area contributed by atoms with Gasteiger partial charge in [0, 0.05) is 23.5 Å². The molecule has 25 heavy (non-hydrogen) atoms. The lowest BCUT2D eigenvalue weighted by Gasteiger charge is -2.13. The predicted molar refractivity (Wildman–Crippen MR) is 83.3 cm³/mol. The molecule has 132 valence electrons. The van der Waals surface area contributed by atoms with Crippen molar-refractivity contribution in [3.05, 3.63) is 46.0 Å². The minimum absolute atomic E-state index is 0.0141. The van der Waals surface area contributed by atoms with Crippen molar-refractivity contribution >= 4 is 11.9 Å². The van der Waals surface area contributed by atoms with Crippen molar-refractivity contribution in [1.29, 1.82) is 0 Å². The summed E-state index contributed by atoms with van der Waals surface area (Å²) < 4.78 is 5.03. The van der Waals surface area contributed by atoms with Crippen molar-refractivity contribution in [3.8, 4) is 11.5 Å². The second-order valence-corrected chi connectivity index (χ2v) is 5.22. The van der Waals surface area contributed by atoms with E-state index in [2.05, 4.69) is 9.97 Å². The molecule has 0 aliphatic carbocycles. The molecule has 0 radical (unpaired) electrons. The van der Waals surface area contributed by atoms with Crippen molar-refractivity contribution in [1.82, 2.24) is 9.97 Å². The van der Waals surface area contributed by atoms with Gasteiger partial charge in [0.1, 0.15) is 17.7 Å². The molecule has 0 fully saturated rings. The molecule has 0 atom stereocenters. The Hall–Kier alpha value is -3.20. The number of aromatic nitrogens is 2. The SMILES string of the molecule is Cc1ncc(COC(=O)c2c(CO)cnc(C)c2O)c(C(=O)O)c1O. The summed E-state index contributed by atoms with van der Waals surface area (Å²) in [7, 11) is 0. The number of nitrogens with zero attached hydrogens (tertiary/aromatic N) is 2. The molecule has 0 aliphatic rings. The zero-order valence-electron chi connectivity index (χ0n) is 13.5. The van der Waals surface area contributed by atoms with Gasteiger partial charge in [-0.15, -0.1) is 0 Å². The average molecular weight is 348 g/mol. The molecule has 0 spiro atoms. The first-order chi connectivity index (χ1) is 11.8. The number of aromatic hydroxyl groups is 2. The molecule has 0 unspecified atom stereocenters. The van der Waals surface area contributed by atoms with Crippen LogP contribution < -0.4 is 0 Å². The quantitative estimate of drug-likeness (QED) is 0.581. The zero-order valence-corrected chi connectivity index (χ0v) is 13.5. The minimum atomic E-state index is -1.40. The van der Waals surface area contributed by atoms with E-state index in [1.54, 1.807) is 0 Å². The van der Waals surface area contributed by atoms with Gasteiger partial charge in [-0.25, -0.2) is 9.59 Å². The van der Waals surface area contributed by atoms with E-state index in [-0.39, 0.29) is 28.1 Å². The molecule has 9 nitrogen and oxygen atoms in total. The van der Waals surface area contributed by atoms with Crippen molar-refractivity contribution in [2.75, 3.05) is 0 Å². The number of aliphatic hydroxyl groups is 1. The molecular formula is C16H16N2O7. The van der Waals surface area contributed by atoms with Crippen LogP contribution in [-0.2, 0) is 18.0 Å². The van der Waals surface area contributed by atoms with E-state index in [0.29, 0.717) is 0 Å². The van der Waals surface area contributed by atoms with E-state index in [9.17, 15) is 30.0 Å². The van der Waals surface area contributed by atoms with Crippen LogP contribution in [0.4, 0.5) is 0 Å². The maximum atomic E-state index is 12.3. The lowest BCUT2D eigenvalue weighted by atomic mass is 10.1. The maximum Gasteiger partial charge on any atom is 0.342 e. The number of carbonyl (C=O) groups excluding carboxylic acids is 1. The number of carboxylic acid groups (broad SMARTS) is 1. The maximum absolute atomic E-state index is 12.3. The van der Waals surface area contributed by atoms with E-state index in [0.717, 1.165) is 0 Å². The van der Waals surface area contributed by atoms with Crippen molar-refractivity contribution in [2.24, 2.45) is 0 Å². The Morgan fingerprint density at radius 1 is 1.00 bits per heavy atom. The molecule has 9 heteroatoms. The highest BCUT2D eigenvalue weighted by Crippen LogP contribution is 2.27. The smallest absolute Gasteiger partial charge is 0.342 e. The van der Waals surface area contributed by atoms with Crippen LogP contribution in [0.25, 0.3) is 0 Å². The highest BCUT2D eigenvalue weighted by molar-refractivity contribution is 5.95. The number of aromatic carboxylic acids is 1. The summed E-state index contributed by atoms with van der Waals surface area (Å²) in [6, 6.07) is 0. The first-order valence-corrected chi connectivity index (χ1v) is 7.14. The number of aliphatic hydroxyl groups excluding tert-OH is 1. The van der Waals surface area contributed by atoms with E-state index in [4.69, 9.17) is 4.74 Å². The fourth-order valence-electron chi connectivity index (χ4n) is 2.18. The molecule has 0 saturated carbocycles. The van der Waals surface area contributed by atoms with Gasteiger partial charge >= 0.3 is 11.9 Å². The summed E-state index contributed by atoms with van der Waals surface area (Å²) in [5.41, 5.74) is -0.326. The number of aryl methyl sites for hydroxylation is 2. The first kappa shape index (κ1) is 18.1. The summed E-state index contributed by atoms with van der Waals surface area (Å²) in [5.74, 6) is -3.31. The van der Waals surface area contributed by atoms with Gasteiger partial charge in [-0.3, -0.25) is 9.97 Å². The molecule has 0 amide bonds. The Balaban J connectivity index is 2.32. The van der Waals surface area contributed by atoms with Gasteiger partial charge in [0.2, 0.25) is 0 Å². The Labute approximate surface area is 142 Å². The molecule has 0 saturated heterocycles. The van der Waals surface area contributed by atoms with Crippen molar-refractivity contribution < 1.29 is 34.8 Å². The van der Waals surface area contributed by atoms with Crippen LogP contribution >= 0.6 is 0 Å². The predicted octanol–water partition coefficient (Wildman–Crippen LogP) is 1.05. The van der Waals surface area contributed by atoms with Crippen LogP contribution in [0.15, 0.2) is 12.4 Å². The summed E-state index contributed by atoms with van der Waals surface area (Å²) in [6.07, 6.45) is 2.41. The molecule has 0 aromatic carbocycles. The van der Waals surface area contributed by atoms with Crippen LogP contribution in [-0.4, -0.2) is 42.3 Å². The summed E-state index contributed by atoms with van der Waals surface area (Å²) >= 11 is 0. The van der Waals surface area contributed by atoms with Gasteiger partial charge < -0.3 is 25.2 Å². The average Bonchev–Trinajstić information content (AvgIpc) is 2.57. The minimum Gasteiger partial charge on any atom is -0.505 e. The summed E-state index contributed by atoms with van der Waals surface area (Å²) in [6.45, 7) is 1.87. The van der Waals surface area contributed by atoms with Crippen molar-refractivity contribution in [2.45, 2.75) is 27.1 Å². The largest absolute Gasteiger partial charge is 0.505 e. The van der Waals surface area contributed by atoms with E-state index in [1.807, 2.05) is 0 Å². The Morgan fingerprint density at radius 2 is 1.52 bits per heavy atom. The summed E-state index contributed by atoms with van der Waals surface area (Å²) in [4.78, 5) is 31.2. The molecule has 2 heterocycles. The zero-order chi connectivity index (χ0) is 18.7. The third-order valence-electron chi connectivity index (χ3n) is 3.58. The second kappa shape index (κ2) is 7.14. The normalized spacial score (nSPS) is 10.5. The van der Waals surface area contributed by atoms with Crippen LogP contribution in [0.5, 0.6) is 11.5 Å². The lowest BCUT2D eigenvalue weighted by molar-refractivity contribution is 0.0457. The van der Waals surface area contributed by atoms with Gasteiger partial charge in [0.05, 0.1) is 18.0 Å². The van der Waals surface area contributed by atoms with Gasteiger partial charge in [-0.1, -0.05) is 0 Å². The molecule has 4 N–H and O–H groups in total. The van der Waals surface area contributed by atoms with Crippen LogP contribution in [0.2, 0.25) is 0 Å². The van der Waals surface area contributed by atoms with Crippen molar-refractivity contribution in [3.63, 3.8) is 0 Å². The highest BCUT2D eigenvalue weighted by atomic mass is 16.5. The molecule has 0 aliphatic heterocycles. The monoisotopic (exact) mass is 348 g/mol. The number of hydrogen-bond acceptors (Lipinski definition) is 8. The number of carboxylic acids is 1. The van der Waals surface area contributed by atoms with Crippen LogP contribution in [0.3, 0.4) is 0 Å². The first-order valence-electron chi connectivity index (χ1n) is 7.14. The number of hydrogen-bond donors (Lipinski definition) is 4.